The molecular weight excluding hydrogens is 281 g/mol. The standard InChI is InChI=1S/C6H15FO8P2/c1-2-13-17(11,12)15-5-6(3-7)4-14-16(8,9)10/h6H,2-5H2,1H3,(H,11,12)(H2,8,9,10). The van der Waals surface area contributed by atoms with Crippen LogP contribution in [-0.4, -0.2) is 41.2 Å². The van der Waals surface area contributed by atoms with Crippen molar-refractivity contribution in [1.82, 2.24) is 0 Å². The zero-order chi connectivity index (χ0) is 13.5. The highest BCUT2D eigenvalue weighted by atomic mass is 31.2. The fourth-order valence-corrected chi connectivity index (χ4v) is 1.94. The molecule has 0 aliphatic heterocycles. The summed E-state index contributed by atoms with van der Waals surface area (Å²) in [5.41, 5.74) is 0. The third kappa shape index (κ3) is 9.82. The molecule has 0 aromatic carbocycles. The number of phosphoric acid groups is 2. The highest BCUT2D eigenvalue weighted by molar-refractivity contribution is 7.47. The van der Waals surface area contributed by atoms with Crippen molar-refractivity contribution < 1.29 is 41.8 Å². The van der Waals surface area contributed by atoms with Gasteiger partial charge in [0.2, 0.25) is 0 Å². The molecule has 17 heavy (non-hydrogen) atoms. The molecule has 0 aromatic heterocycles. The first-order valence-corrected chi connectivity index (χ1v) is 7.60. The molecule has 0 bridgehead atoms. The Hall–Kier alpha value is 0.150. The summed E-state index contributed by atoms with van der Waals surface area (Å²) in [6.07, 6.45) is 0. The molecule has 2 unspecified atom stereocenters. The van der Waals surface area contributed by atoms with E-state index in [-0.39, 0.29) is 6.61 Å². The summed E-state index contributed by atoms with van der Waals surface area (Å²) in [5, 5.41) is 0. The van der Waals surface area contributed by atoms with Gasteiger partial charge in [0.1, 0.15) is 0 Å². The summed E-state index contributed by atoms with van der Waals surface area (Å²) in [5.74, 6) is -1.07. The van der Waals surface area contributed by atoms with Crippen LogP contribution in [0.25, 0.3) is 0 Å². The van der Waals surface area contributed by atoms with Gasteiger partial charge in [0.05, 0.1) is 26.5 Å². The second kappa shape index (κ2) is 7.56. The first-order chi connectivity index (χ1) is 7.70. The largest absolute Gasteiger partial charge is 0.472 e. The van der Waals surface area contributed by atoms with E-state index in [0.29, 0.717) is 0 Å². The summed E-state index contributed by atoms with van der Waals surface area (Å²) in [6, 6.07) is 0. The van der Waals surface area contributed by atoms with E-state index in [4.69, 9.17) is 14.7 Å². The van der Waals surface area contributed by atoms with E-state index in [1.807, 2.05) is 0 Å². The van der Waals surface area contributed by atoms with Gasteiger partial charge < -0.3 is 14.7 Å². The van der Waals surface area contributed by atoms with Crippen molar-refractivity contribution in [2.24, 2.45) is 5.92 Å². The quantitative estimate of drug-likeness (QED) is 0.535. The van der Waals surface area contributed by atoms with Crippen LogP contribution in [0.5, 0.6) is 0 Å². The molecule has 0 rings (SSSR count). The maximum absolute atomic E-state index is 12.4. The fraction of sp³-hybridized carbons (Fsp3) is 1.00. The third-order valence-electron chi connectivity index (χ3n) is 1.46. The molecule has 0 saturated heterocycles. The summed E-state index contributed by atoms with van der Waals surface area (Å²) in [4.78, 5) is 25.7. The number of phosphoric ester groups is 2. The molecule has 104 valence electrons. The molecule has 0 aliphatic rings. The van der Waals surface area contributed by atoms with E-state index in [2.05, 4.69) is 13.6 Å². The Morgan fingerprint density at radius 1 is 1.12 bits per heavy atom. The van der Waals surface area contributed by atoms with Gasteiger partial charge in [0.25, 0.3) is 0 Å². The molecule has 0 amide bonds. The van der Waals surface area contributed by atoms with Crippen LogP contribution in [0.15, 0.2) is 0 Å². The first-order valence-electron chi connectivity index (χ1n) is 4.58. The number of hydrogen-bond donors (Lipinski definition) is 3. The molecule has 0 aromatic rings. The summed E-state index contributed by atoms with van der Waals surface area (Å²) in [6.45, 7) is -0.799. The van der Waals surface area contributed by atoms with E-state index in [1.54, 1.807) is 0 Å². The Kier molecular flexibility index (Phi) is 7.62. The van der Waals surface area contributed by atoms with E-state index in [9.17, 15) is 13.5 Å². The summed E-state index contributed by atoms with van der Waals surface area (Å²) in [7, 11) is -8.94. The van der Waals surface area contributed by atoms with Crippen molar-refractivity contribution >= 4 is 15.6 Å². The number of alkyl halides is 1. The maximum Gasteiger partial charge on any atom is 0.472 e. The Bertz CT molecular complexity index is 304. The van der Waals surface area contributed by atoms with Crippen molar-refractivity contribution in [1.29, 1.82) is 0 Å². The van der Waals surface area contributed by atoms with Crippen LogP contribution in [0, 0.1) is 5.92 Å². The Morgan fingerprint density at radius 3 is 2.06 bits per heavy atom. The van der Waals surface area contributed by atoms with Gasteiger partial charge in [0, 0.05) is 5.92 Å². The number of halogens is 1. The minimum atomic E-state index is -4.69. The van der Waals surface area contributed by atoms with E-state index in [1.165, 1.54) is 6.92 Å². The van der Waals surface area contributed by atoms with Crippen LogP contribution in [0.2, 0.25) is 0 Å². The van der Waals surface area contributed by atoms with Crippen molar-refractivity contribution in [3.05, 3.63) is 0 Å². The van der Waals surface area contributed by atoms with Gasteiger partial charge in [-0.05, 0) is 6.92 Å². The lowest BCUT2D eigenvalue weighted by Gasteiger charge is -2.16. The average molecular weight is 296 g/mol. The lowest BCUT2D eigenvalue weighted by Crippen LogP contribution is -2.17. The fourth-order valence-electron chi connectivity index (χ4n) is 0.740. The van der Waals surface area contributed by atoms with Crippen LogP contribution < -0.4 is 0 Å². The average Bonchev–Trinajstić information content (AvgIpc) is 2.16. The SMILES string of the molecule is CCOP(=O)(O)OCC(CF)COP(=O)(O)O. The number of hydrogen-bond acceptors (Lipinski definition) is 5. The van der Waals surface area contributed by atoms with Crippen LogP contribution in [-0.2, 0) is 22.7 Å². The van der Waals surface area contributed by atoms with Gasteiger partial charge in [-0.3, -0.25) is 18.0 Å². The lowest BCUT2D eigenvalue weighted by atomic mass is 10.2. The van der Waals surface area contributed by atoms with Gasteiger partial charge in [-0.2, -0.15) is 0 Å². The Labute approximate surface area is 97.6 Å². The minimum absolute atomic E-state index is 0.0624. The van der Waals surface area contributed by atoms with Gasteiger partial charge in [-0.15, -0.1) is 0 Å². The van der Waals surface area contributed by atoms with E-state index < -0.39 is 41.5 Å². The molecule has 0 fully saturated rings. The predicted octanol–water partition coefficient (Wildman–Crippen LogP) is 0.835. The summed E-state index contributed by atoms with van der Waals surface area (Å²) >= 11 is 0. The van der Waals surface area contributed by atoms with Gasteiger partial charge in [0.15, 0.2) is 0 Å². The van der Waals surface area contributed by atoms with Gasteiger partial charge in [-0.1, -0.05) is 0 Å². The minimum Gasteiger partial charge on any atom is -0.303 e. The van der Waals surface area contributed by atoms with Crippen molar-refractivity contribution in [3.8, 4) is 0 Å². The topological polar surface area (TPSA) is 123 Å². The molecule has 0 radical (unpaired) electrons. The number of rotatable bonds is 9. The molecule has 8 nitrogen and oxygen atoms in total. The highest BCUT2D eigenvalue weighted by Crippen LogP contribution is 2.43. The van der Waals surface area contributed by atoms with Gasteiger partial charge >= 0.3 is 15.6 Å². The molecule has 2 atom stereocenters. The van der Waals surface area contributed by atoms with Crippen LogP contribution in [0.1, 0.15) is 6.92 Å². The molecule has 11 heteroatoms. The monoisotopic (exact) mass is 296 g/mol. The summed E-state index contributed by atoms with van der Waals surface area (Å²) < 4.78 is 46.5. The molecule has 0 aliphatic carbocycles. The predicted molar refractivity (Wildman–Crippen MR) is 54.9 cm³/mol. The first kappa shape index (κ1) is 17.2. The molecule has 0 spiro atoms. The van der Waals surface area contributed by atoms with E-state index in [0.717, 1.165) is 0 Å². The van der Waals surface area contributed by atoms with Crippen LogP contribution in [0.4, 0.5) is 4.39 Å². The second-order valence-corrected chi connectivity index (χ2v) is 5.68. The molecular formula is C6H15FO8P2. The second-order valence-electron chi connectivity index (χ2n) is 2.99. The third-order valence-corrected chi connectivity index (χ3v) is 3.01. The molecule has 3 N–H and O–H groups in total. The molecule has 0 heterocycles. The molecule has 0 saturated carbocycles. The van der Waals surface area contributed by atoms with Crippen LogP contribution >= 0.6 is 15.6 Å². The zero-order valence-corrected chi connectivity index (χ0v) is 10.8. The highest BCUT2D eigenvalue weighted by Gasteiger charge is 2.24. The Balaban J connectivity index is 4.06. The zero-order valence-electron chi connectivity index (χ0n) is 9.06. The van der Waals surface area contributed by atoms with Crippen molar-refractivity contribution in [2.45, 2.75) is 6.92 Å². The maximum atomic E-state index is 12.4. The van der Waals surface area contributed by atoms with E-state index >= 15 is 0 Å². The van der Waals surface area contributed by atoms with Crippen molar-refractivity contribution in [3.63, 3.8) is 0 Å². The van der Waals surface area contributed by atoms with Crippen LogP contribution in [0.3, 0.4) is 0 Å². The van der Waals surface area contributed by atoms with Gasteiger partial charge in [-0.25, -0.2) is 9.13 Å². The lowest BCUT2D eigenvalue weighted by molar-refractivity contribution is 0.0940. The Morgan fingerprint density at radius 2 is 1.65 bits per heavy atom. The normalized spacial score (nSPS) is 17.7. The van der Waals surface area contributed by atoms with Crippen molar-refractivity contribution in [2.75, 3.05) is 26.5 Å². The smallest absolute Gasteiger partial charge is 0.303 e.